The Bertz CT molecular complexity index is 2060. The molecule has 0 atom stereocenters. The molecule has 12 nitrogen and oxygen atoms in total. The first-order chi connectivity index (χ1) is 29.2. The van der Waals surface area contributed by atoms with E-state index >= 15 is 0 Å². The largest absolute Gasteiger partial charge is 0.464 e. The number of ether oxygens (including phenoxy) is 2. The molecule has 3 fully saturated rings. The first-order valence-electron chi connectivity index (χ1n) is 21.2. The first-order valence-corrected chi connectivity index (χ1v) is 21.9. The van der Waals surface area contributed by atoms with Gasteiger partial charge in [-0.15, -0.1) is 0 Å². The molecule has 61 heavy (non-hydrogen) atoms. The topological polar surface area (TPSA) is 107 Å². The summed E-state index contributed by atoms with van der Waals surface area (Å²) in [5.41, 5.74) is 4.97. The average Bonchev–Trinajstić information content (AvgIpc) is 4.01. The van der Waals surface area contributed by atoms with Crippen LogP contribution in [0.3, 0.4) is 0 Å². The number of benzene rings is 3. The van der Waals surface area contributed by atoms with E-state index in [9.17, 15) is 9.59 Å². The van der Waals surface area contributed by atoms with Gasteiger partial charge in [-0.3, -0.25) is 0 Å². The van der Waals surface area contributed by atoms with E-state index in [4.69, 9.17) is 18.3 Å². The van der Waals surface area contributed by atoms with Crippen molar-refractivity contribution in [3.63, 3.8) is 0 Å². The minimum atomic E-state index is -0.449. The standard InChI is InChI=1S/C19H24N2O3.C15H21BrN2O2.C14H16N2O/c1-19(2,3)24-18(22)21-12-10-20(11-13-21)16-8-6-15(7-9-16)17-5-4-14-23-17;1-15(2,3)20-14(19)18-10-8-17(9-11-18)13-6-4-12(16)5-7-13;1-2-14(17-11-1)12-3-5-13(6-4-12)16-9-7-15-8-10-16/h4-9,14H,10-13H2,1-3H3;4-7H,8-11H2,1-3H3;1-6,11,15H,7-10H2. The van der Waals surface area contributed by atoms with E-state index in [-0.39, 0.29) is 12.2 Å². The van der Waals surface area contributed by atoms with E-state index in [2.05, 4.69) is 96.6 Å². The Kier molecular flexibility index (Phi) is 15.5. The zero-order chi connectivity index (χ0) is 43.4. The summed E-state index contributed by atoms with van der Waals surface area (Å²) >= 11 is 3.44. The summed E-state index contributed by atoms with van der Waals surface area (Å²) in [6.45, 7) is 21.7. The maximum absolute atomic E-state index is 12.1. The third kappa shape index (κ3) is 13.8. The Labute approximate surface area is 369 Å². The molecule has 8 rings (SSSR count). The summed E-state index contributed by atoms with van der Waals surface area (Å²) in [6, 6.07) is 32.9. The van der Waals surface area contributed by atoms with Crippen LogP contribution in [0.5, 0.6) is 0 Å². The van der Waals surface area contributed by atoms with Crippen molar-refractivity contribution in [1.29, 1.82) is 0 Å². The molecule has 2 aromatic heterocycles. The lowest BCUT2D eigenvalue weighted by molar-refractivity contribution is 0.0230. The van der Waals surface area contributed by atoms with Crippen molar-refractivity contribution >= 4 is 45.2 Å². The number of amides is 2. The molecule has 0 spiro atoms. The van der Waals surface area contributed by atoms with Crippen LogP contribution in [0.4, 0.5) is 26.7 Å². The maximum Gasteiger partial charge on any atom is 0.410 e. The van der Waals surface area contributed by atoms with Gasteiger partial charge in [0.2, 0.25) is 0 Å². The van der Waals surface area contributed by atoms with Crippen molar-refractivity contribution in [2.75, 3.05) is 93.2 Å². The van der Waals surface area contributed by atoms with Gasteiger partial charge in [0, 0.05) is 111 Å². The number of carbonyl (C=O) groups excluding carboxylic acids is 2. The van der Waals surface area contributed by atoms with Crippen LogP contribution in [-0.2, 0) is 9.47 Å². The van der Waals surface area contributed by atoms with Gasteiger partial charge >= 0.3 is 12.2 Å². The first kappa shape index (κ1) is 45.1. The van der Waals surface area contributed by atoms with Crippen molar-refractivity contribution in [1.82, 2.24) is 15.1 Å². The van der Waals surface area contributed by atoms with E-state index in [1.807, 2.05) is 77.9 Å². The number of carbonyl (C=O) groups is 2. The van der Waals surface area contributed by atoms with E-state index in [0.29, 0.717) is 26.2 Å². The van der Waals surface area contributed by atoms with Gasteiger partial charge in [-0.25, -0.2) is 9.59 Å². The maximum atomic E-state index is 12.1. The van der Waals surface area contributed by atoms with Gasteiger partial charge in [0.05, 0.1) is 12.5 Å². The molecule has 3 saturated heterocycles. The monoisotopic (exact) mass is 896 g/mol. The molecule has 0 bridgehead atoms. The predicted molar refractivity (Wildman–Crippen MR) is 248 cm³/mol. The second-order valence-corrected chi connectivity index (χ2v) is 18.1. The highest BCUT2D eigenvalue weighted by Gasteiger charge is 2.27. The van der Waals surface area contributed by atoms with Crippen molar-refractivity contribution in [2.45, 2.75) is 52.7 Å². The Hall–Kier alpha value is -5.40. The quantitative estimate of drug-likeness (QED) is 0.183. The second kappa shape index (κ2) is 20.9. The zero-order valence-electron chi connectivity index (χ0n) is 36.4. The Morgan fingerprint density at radius 3 is 1.18 bits per heavy atom. The molecule has 1 N–H and O–H groups in total. The number of hydrogen-bond donors (Lipinski definition) is 1. The molecule has 2 amide bonds. The highest BCUT2D eigenvalue weighted by atomic mass is 79.9. The molecule has 3 aromatic carbocycles. The van der Waals surface area contributed by atoms with Crippen LogP contribution in [0.2, 0.25) is 0 Å². The molecule has 3 aliphatic rings. The molecule has 0 saturated carbocycles. The van der Waals surface area contributed by atoms with Crippen LogP contribution < -0.4 is 20.0 Å². The normalized spacial score (nSPS) is 15.9. The number of piperazine rings is 3. The third-order valence-corrected chi connectivity index (χ3v) is 10.8. The van der Waals surface area contributed by atoms with E-state index in [1.54, 1.807) is 22.3 Å². The van der Waals surface area contributed by atoms with Crippen LogP contribution in [0.25, 0.3) is 22.6 Å². The minimum absolute atomic E-state index is 0.215. The van der Waals surface area contributed by atoms with E-state index < -0.39 is 11.2 Å². The number of rotatable bonds is 5. The summed E-state index contributed by atoms with van der Waals surface area (Å²) in [5.74, 6) is 1.80. The highest BCUT2D eigenvalue weighted by molar-refractivity contribution is 9.10. The molecular weight excluding hydrogens is 836 g/mol. The van der Waals surface area contributed by atoms with Gasteiger partial charge in [0.25, 0.3) is 0 Å². The number of anilines is 3. The third-order valence-electron chi connectivity index (χ3n) is 10.2. The fourth-order valence-electron chi connectivity index (χ4n) is 7.08. The van der Waals surface area contributed by atoms with Crippen LogP contribution in [0.15, 0.2) is 123 Å². The number of halogens is 1. The lowest BCUT2D eigenvalue weighted by atomic mass is 10.1. The van der Waals surface area contributed by atoms with Gasteiger partial charge in [-0.2, -0.15) is 0 Å². The average molecular weight is 898 g/mol. The van der Waals surface area contributed by atoms with Gasteiger partial charge in [-0.1, -0.05) is 15.9 Å². The van der Waals surface area contributed by atoms with Crippen molar-refractivity contribution in [2.24, 2.45) is 0 Å². The van der Waals surface area contributed by atoms with Crippen molar-refractivity contribution in [3.05, 3.63) is 114 Å². The molecule has 3 aliphatic heterocycles. The molecular formula is C48H61BrN6O6. The summed E-state index contributed by atoms with van der Waals surface area (Å²) in [5, 5.41) is 3.36. The second-order valence-electron chi connectivity index (χ2n) is 17.2. The fraction of sp³-hybridized carbons (Fsp3) is 0.417. The van der Waals surface area contributed by atoms with Crippen molar-refractivity contribution in [3.8, 4) is 22.6 Å². The molecule has 0 unspecified atom stereocenters. The zero-order valence-corrected chi connectivity index (χ0v) is 38.0. The van der Waals surface area contributed by atoms with Gasteiger partial charge in [0.1, 0.15) is 22.7 Å². The predicted octanol–water partition coefficient (Wildman–Crippen LogP) is 9.87. The van der Waals surface area contributed by atoms with Crippen LogP contribution in [0, 0.1) is 0 Å². The lowest BCUT2D eigenvalue weighted by Gasteiger charge is -2.36. The summed E-state index contributed by atoms with van der Waals surface area (Å²) in [7, 11) is 0. The van der Waals surface area contributed by atoms with Gasteiger partial charge in [-0.05, 0) is 139 Å². The summed E-state index contributed by atoms with van der Waals surface area (Å²) in [6.07, 6.45) is 2.95. The lowest BCUT2D eigenvalue weighted by Crippen LogP contribution is -2.50. The van der Waals surface area contributed by atoms with Gasteiger partial charge < -0.3 is 48.1 Å². The molecule has 5 aromatic rings. The SMILES string of the molecule is CC(C)(C)OC(=O)N1CCN(c2ccc(-c3ccco3)cc2)CC1.CC(C)(C)OC(=O)N1CCN(c2ccc(Br)cc2)CC1.c1coc(-c2ccc(N3CCNCC3)cc2)c1. The molecule has 5 heterocycles. The number of hydrogen-bond acceptors (Lipinski definition) is 10. The summed E-state index contributed by atoms with van der Waals surface area (Å²) < 4.78 is 22.7. The molecule has 0 radical (unpaired) electrons. The fourth-order valence-corrected chi connectivity index (χ4v) is 7.35. The minimum Gasteiger partial charge on any atom is -0.464 e. The number of furan rings is 2. The Morgan fingerprint density at radius 2 is 0.852 bits per heavy atom. The molecule has 13 heteroatoms. The van der Waals surface area contributed by atoms with E-state index in [1.165, 1.54) is 11.4 Å². The van der Waals surface area contributed by atoms with Crippen molar-refractivity contribution < 1.29 is 27.9 Å². The number of nitrogens with one attached hydrogen (secondary N) is 1. The highest BCUT2D eigenvalue weighted by Crippen LogP contribution is 2.26. The molecule has 326 valence electrons. The van der Waals surface area contributed by atoms with Gasteiger partial charge in [0.15, 0.2) is 0 Å². The smallest absolute Gasteiger partial charge is 0.410 e. The Morgan fingerprint density at radius 1 is 0.508 bits per heavy atom. The van der Waals surface area contributed by atoms with E-state index in [0.717, 1.165) is 85.2 Å². The van der Waals surface area contributed by atoms with Crippen LogP contribution >= 0.6 is 15.9 Å². The van der Waals surface area contributed by atoms with Crippen LogP contribution in [-0.4, -0.2) is 112 Å². The summed E-state index contributed by atoms with van der Waals surface area (Å²) in [4.78, 5) is 34.6. The Balaban J connectivity index is 0.000000155. The molecule has 0 aliphatic carbocycles. The van der Waals surface area contributed by atoms with Crippen LogP contribution in [0.1, 0.15) is 41.5 Å². The number of nitrogens with zero attached hydrogens (tertiary/aromatic N) is 5.